The average Bonchev–Trinajstić information content (AvgIpc) is 3.41. The summed E-state index contributed by atoms with van der Waals surface area (Å²) in [5.41, 5.74) is 1.25. The molecule has 4 atom stereocenters. The summed E-state index contributed by atoms with van der Waals surface area (Å²) in [5, 5.41) is 12.7. The van der Waals surface area contributed by atoms with Crippen LogP contribution in [-0.2, 0) is 4.74 Å². The molecule has 2 aliphatic rings. The molecule has 0 radical (unpaired) electrons. The normalized spacial score (nSPS) is 25.4. The van der Waals surface area contributed by atoms with E-state index < -0.39 is 0 Å². The molecule has 1 saturated heterocycles. The largest absolute Gasteiger partial charge is 0.444 e. The summed E-state index contributed by atoms with van der Waals surface area (Å²) in [6.07, 6.45) is 6.45. The van der Waals surface area contributed by atoms with Crippen molar-refractivity contribution < 1.29 is 13.9 Å². The van der Waals surface area contributed by atoms with Gasteiger partial charge in [0.05, 0.1) is 11.6 Å². The fourth-order valence-corrected chi connectivity index (χ4v) is 5.32. The molecule has 1 amide bonds. The van der Waals surface area contributed by atoms with Gasteiger partial charge in [0.2, 0.25) is 0 Å². The summed E-state index contributed by atoms with van der Waals surface area (Å²) >= 11 is 0. The number of nitrogens with one attached hydrogen (secondary N) is 1. The van der Waals surface area contributed by atoms with E-state index in [0.717, 1.165) is 37.9 Å². The molecular weight excluding hydrogens is 419 g/mol. The monoisotopic (exact) mass is 452 g/mol. The van der Waals surface area contributed by atoms with Crippen molar-refractivity contribution in [2.24, 2.45) is 0 Å². The number of rotatable bonds is 4. The number of nitriles is 1. The number of halogens is 1. The molecule has 1 aliphatic carbocycles. The van der Waals surface area contributed by atoms with Gasteiger partial charge in [-0.25, -0.2) is 9.18 Å². The van der Waals surface area contributed by atoms with E-state index in [2.05, 4.69) is 11.4 Å². The van der Waals surface area contributed by atoms with Crippen molar-refractivity contribution in [3.8, 4) is 6.07 Å². The number of amides is 1. The molecule has 0 spiro atoms. The van der Waals surface area contributed by atoms with Crippen LogP contribution in [0.3, 0.4) is 0 Å². The first kappa shape index (κ1) is 23.3. The number of carbonyl (C=O) groups is 1. The third-order valence-corrected chi connectivity index (χ3v) is 6.85. The Kier molecular flexibility index (Phi) is 6.76. The minimum atomic E-state index is -0.368. The number of benzene rings is 1. The van der Waals surface area contributed by atoms with Crippen LogP contribution in [0, 0.1) is 17.1 Å². The van der Waals surface area contributed by atoms with Crippen LogP contribution in [0.4, 0.5) is 9.18 Å². The Morgan fingerprint density at radius 1 is 1.24 bits per heavy atom. The van der Waals surface area contributed by atoms with Crippen LogP contribution in [0.25, 0.3) is 0 Å². The molecular formula is C26H33FN4O2. The second-order valence-electron chi connectivity index (χ2n) is 10.2. The molecule has 1 aromatic carbocycles. The van der Waals surface area contributed by atoms with Gasteiger partial charge in [-0.2, -0.15) is 5.26 Å². The van der Waals surface area contributed by atoms with E-state index in [-0.39, 0.29) is 41.6 Å². The fraction of sp³-hybridized carbons (Fsp3) is 0.538. The maximum absolute atomic E-state index is 13.5. The molecule has 7 heteroatoms. The summed E-state index contributed by atoms with van der Waals surface area (Å²) in [6, 6.07) is 10.5. The van der Waals surface area contributed by atoms with Crippen LogP contribution in [-0.4, -0.2) is 46.3 Å². The molecule has 1 saturated carbocycles. The molecule has 4 rings (SSSR count). The maximum atomic E-state index is 13.5. The lowest BCUT2D eigenvalue weighted by atomic mass is 9.97. The van der Waals surface area contributed by atoms with E-state index in [0.29, 0.717) is 12.0 Å². The zero-order valence-electron chi connectivity index (χ0n) is 19.6. The summed E-state index contributed by atoms with van der Waals surface area (Å²) < 4.78 is 21.7. The van der Waals surface area contributed by atoms with E-state index in [1.807, 2.05) is 54.8 Å². The molecule has 2 heterocycles. The lowest BCUT2D eigenvalue weighted by molar-refractivity contribution is 0.00543. The minimum Gasteiger partial charge on any atom is -0.444 e. The highest BCUT2D eigenvalue weighted by Gasteiger charge is 2.42. The molecule has 1 aliphatic heterocycles. The van der Waals surface area contributed by atoms with E-state index in [1.165, 1.54) is 12.1 Å². The van der Waals surface area contributed by atoms with Crippen LogP contribution in [0.15, 0.2) is 42.7 Å². The molecule has 6 nitrogen and oxygen atoms in total. The first-order valence-electron chi connectivity index (χ1n) is 11.8. The van der Waals surface area contributed by atoms with Crippen molar-refractivity contribution in [3.63, 3.8) is 0 Å². The van der Waals surface area contributed by atoms with E-state index in [9.17, 15) is 14.4 Å². The summed E-state index contributed by atoms with van der Waals surface area (Å²) in [6.45, 7) is 7.87. The van der Waals surface area contributed by atoms with Crippen LogP contribution in [0.1, 0.15) is 69.5 Å². The van der Waals surface area contributed by atoms with E-state index in [1.54, 1.807) is 6.07 Å². The second-order valence-corrected chi connectivity index (χ2v) is 10.2. The van der Waals surface area contributed by atoms with Gasteiger partial charge in [-0.05, 0) is 82.7 Å². The van der Waals surface area contributed by atoms with E-state index >= 15 is 0 Å². The Balaban J connectivity index is 1.58. The Hall–Kier alpha value is -2.85. The lowest BCUT2D eigenvalue weighted by Crippen LogP contribution is -2.57. The molecule has 33 heavy (non-hydrogen) atoms. The fourth-order valence-electron chi connectivity index (χ4n) is 5.32. The van der Waals surface area contributed by atoms with Gasteiger partial charge in [0, 0.05) is 30.5 Å². The van der Waals surface area contributed by atoms with Gasteiger partial charge >= 0.3 is 6.09 Å². The van der Waals surface area contributed by atoms with Crippen LogP contribution < -0.4 is 5.32 Å². The van der Waals surface area contributed by atoms with Gasteiger partial charge in [-0.3, -0.25) is 4.90 Å². The van der Waals surface area contributed by atoms with Gasteiger partial charge < -0.3 is 14.6 Å². The van der Waals surface area contributed by atoms with Gasteiger partial charge in [0.1, 0.15) is 18.0 Å². The number of hydrogen-bond acceptors (Lipinski definition) is 4. The molecule has 2 fully saturated rings. The number of ether oxygens (including phenoxy) is 1. The molecule has 1 aromatic heterocycles. The van der Waals surface area contributed by atoms with Gasteiger partial charge in [-0.15, -0.1) is 0 Å². The molecule has 1 N–H and O–H groups in total. The van der Waals surface area contributed by atoms with Crippen LogP contribution >= 0.6 is 0 Å². The van der Waals surface area contributed by atoms with Crippen LogP contribution in [0.5, 0.6) is 0 Å². The van der Waals surface area contributed by atoms with Crippen molar-refractivity contribution in [2.75, 3.05) is 13.1 Å². The molecule has 0 bridgehead atoms. The summed E-state index contributed by atoms with van der Waals surface area (Å²) in [4.78, 5) is 15.4. The van der Waals surface area contributed by atoms with Gasteiger partial charge in [0.15, 0.2) is 0 Å². The zero-order chi connectivity index (χ0) is 23.6. The second kappa shape index (κ2) is 9.56. The number of piperidine rings is 1. The van der Waals surface area contributed by atoms with Crippen molar-refractivity contribution in [1.29, 1.82) is 5.26 Å². The third-order valence-electron chi connectivity index (χ3n) is 6.85. The molecule has 176 valence electrons. The van der Waals surface area contributed by atoms with Crippen molar-refractivity contribution in [2.45, 2.75) is 76.1 Å². The smallest absolute Gasteiger partial charge is 0.410 e. The Morgan fingerprint density at radius 2 is 2.00 bits per heavy atom. The molecule has 2 aromatic rings. The van der Waals surface area contributed by atoms with Gasteiger partial charge in [0.25, 0.3) is 0 Å². The number of aromatic nitrogens is 1. The predicted octanol–water partition coefficient (Wildman–Crippen LogP) is 4.98. The topological polar surface area (TPSA) is 70.3 Å². The summed E-state index contributed by atoms with van der Waals surface area (Å²) in [7, 11) is 0. The van der Waals surface area contributed by atoms with Gasteiger partial charge in [-0.1, -0.05) is 12.1 Å². The highest BCUT2D eigenvalue weighted by molar-refractivity contribution is 5.69. The zero-order valence-corrected chi connectivity index (χ0v) is 19.6. The first-order valence-corrected chi connectivity index (χ1v) is 11.8. The first-order chi connectivity index (χ1) is 15.8. The number of nitrogens with zero attached hydrogens (tertiary/aromatic N) is 3. The van der Waals surface area contributed by atoms with Crippen molar-refractivity contribution in [3.05, 3.63) is 59.7 Å². The minimum absolute atomic E-state index is 0.0857. The maximum Gasteiger partial charge on any atom is 0.410 e. The predicted molar refractivity (Wildman–Crippen MR) is 124 cm³/mol. The quantitative estimate of drug-likeness (QED) is 0.711. The van der Waals surface area contributed by atoms with Crippen molar-refractivity contribution in [1.82, 2.24) is 14.8 Å². The average molecular weight is 453 g/mol. The Morgan fingerprint density at radius 3 is 2.61 bits per heavy atom. The van der Waals surface area contributed by atoms with Crippen molar-refractivity contribution >= 4 is 6.09 Å². The van der Waals surface area contributed by atoms with Crippen LogP contribution in [0.2, 0.25) is 0 Å². The lowest BCUT2D eigenvalue weighted by Gasteiger charge is -2.43. The number of carbonyl (C=O) groups excluding carboxylic acids is 1. The Labute approximate surface area is 195 Å². The Bertz CT molecular complexity index is 999. The highest BCUT2D eigenvalue weighted by atomic mass is 19.1. The third kappa shape index (κ3) is 5.22. The highest BCUT2D eigenvalue weighted by Crippen LogP contribution is 2.43. The number of hydrogen-bond donors (Lipinski definition) is 1. The SMILES string of the molecule is CC(C)(C)N(C(=O)O[C@@H]1CC(c2ccc(F)cc2)CC1n1ccc(C#N)c1)C1CCCNC1. The standard InChI is InChI=1S/C26H33FN4O2/c1-26(2,3)31(22-5-4-11-29-16-22)25(32)33-24-14-20(19-6-8-21(27)9-7-19)13-23(24)30-12-10-18(15-28)17-30/h6-10,12,17,20,22-24,29H,4-5,11,13-14,16H2,1-3H3/t20?,22?,23?,24-/m1/s1. The van der Waals surface area contributed by atoms with E-state index in [4.69, 9.17) is 4.74 Å². The molecule has 3 unspecified atom stereocenters. The summed E-state index contributed by atoms with van der Waals surface area (Å²) in [5.74, 6) is -0.122.